The van der Waals surface area contributed by atoms with Crippen molar-refractivity contribution in [3.05, 3.63) is 59.4 Å². The third kappa shape index (κ3) is 3.92. The summed E-state index contributed by atoms with van der Waals surface area (Å²) in [4.78, 5) is 25.5. The van der Waals surface area contributed by atoms with Crippen molar-refractivity contribution in [3.63, 3.8) is 0 Å². The van der Waals surface area contributed by atoms with E-state index in [0.717, 1.165) is 28.7 Å². The van der Waals surface area contributed by atoms with Gasteiger partial charge in [0.2, 0.25) is 0 Å². The molecule has 0 N–H and O–H groups in total. The molecule has 1 aliphatic carbocycles. The number of Topliss-reactive ketones (excluding diaryl/α,β-unsaturated/α-hetero) is 2. The molecule has 2 aromatic carbocycles. The summed E-state index contributed by atoms with van der Waals surface area (Å²) >= 11 is 0. The Bertz CT molecular complexity index is 803. The molecule has 0 heterocycles. The first-order valence-corrected chi connectivity index (χ1v) is 9.27. The summed E-state index contributed by atoms with van der Waals surface area (Å²) in [5, 5.41) is 0. The quantitative estimate of drug-likeness (QED) is 0.683. The second kappa shape index (κ2) is 7.53. The van der Waals surface area contributed by atoms with Crippen LogP contribution in [0.15, 0.2) is 42.5 Å². The number of hydrogen-bond acceptors (Lipinski definition) is 2. The summed E-state index contributed by atoms with van der Waals surface area (Å²) in [6, 6.07) is 12.1. The van der Waals surface area contributed by atoms with Crippen LogP contribution in [-0.2, 0) is 9.59 Å². The van der Waals surface area contributed by atoms with Gasteiger partial charge in [0.15, 0.2) is 0 Å². The molecule has 1 aliphatic rings. The highest BCUT2D eigenvalue weighted by molar-refractivity contribution is 6.10. The molecule has 0 bridgehead atoms. The van der Waals surface area contributed by atoms with E-state index in [0.29, 0.717) is 18.8 Å². The van der Waals surface area contributed by atoms with Crippen LogP contribution in [0.3, 0.4) is 0 Å². The van der Waals surface area contributed by atoms with E-state index in [9.17, 15) is 14.0 Å². The van der Waals surface area contributed by atoms with E-state index in [2.05, 4.69) is 13.8 Å². The molecule has 26 heavy (non-hydrogen) atoms. The van der Waals surface area contributed by atoms with E-state index in [1.807, 2.05) is 25.1 Å². The topological polar surface area (TPSA) is 34.1 Å². The number of carbonyl (C=O) groups excluding carboxylic acids is 2. The lowest BCUT2D eigenvalue weighted by Crippen LogP contribution is -2.32. The van der Waals surface area contributed by atoms with Crippen LogP contribution in [-0.4, -0.2) is 11.6 Å². The summed E-state index contributed by atoms with van der Waals surface area (Å²) in [6.07, 6.45) is 1.88. The van der Waals surface area contributed by atoms with Crippen molar-refractivity contribution in [1.82, 2.24) is 0 Å². The molecule has 0 unspecified atom stereocenters. The van der Waals surface area contributed by atoms with Crippen molar-refractivity contribution < 1.29 is 14.0 Å². The first-order chi connectivity index (χ1) is 12.3. The smallest absolute Gasteiger partial charge is 0.148 e. The van der Waals surface area contributed by atoms with E-state index in [1.54, 1.807) is 12.1 Å². The van der Waals surface area contributed by atoms with Gasteiger partial charge < -0.3 is 0 Å². The zero-order chi connectivity index (χ0) is 18.8. The lowest BCUT2D eigenvalue weighted by molar-refractivity contribution is -0.133. The molecule has 2 aromatic rings. The van der Waals surface area contributed by atoms with Gasteiger partial charge in [-0.05, 0) is 65.6 Å². The third-order valence-corrected chi connectivity index (χ3v) is 5.20. The molecule has 3 rings (SSSR count). The lowest BCUT2D eigenvalue weighted by Gasteiger charge is -2.28. The maximum absolute atomic E-state index is 13.2. The third-order valence-electron chi connectivity index (χ3n) is 5.20. The summed E-state index contributed by atoms with van der Waals surface area (Å²) in [5.74, 6) is -0.209. The number of rotatable bonds is 4. The van der Waals surface area contributed by atoms with Crippen molar-refractivity contribution in [2.75, 3.05) is 0 Å². The molecule has 136 valence electrons. The van der Waals surface area contributed by atoms with E-state index in [-0.39, 0.29) is 23.3 Å². The minimum atomic E-state index is -0.654. The van der Waals surface area contributed by atoms with E-state index >= 15 is 0 Å². The zero-order valence-corrected chi connectivity index (χ0v) is 15.6. The highest BCUT2D eigenvalue weighted by Gasteiger charge is 2.37. The van der Waals surface area contributed by atoms with Crippen LogP contribution in [0, 0.1) is 24.6 Å². The highest BCUT2D eigenvalue weighted by Crippen LogP contribution is 2.36. The van der Waals surface area contributed by atoms with Crippen molar-refractivity contribution in [2.45, 2.75) is 46.0 Å². The standard InChI is InChI=1S/C23H25FO2/c1-14(2)10-16-11-21(25)23(22(26)12-16)20-13-18(5-4-15(20)3)17-6-8-19(24)9-7-17/h4-9,13-14,16,23H,10-12H2,1-3H3. The minimum absolute atomic E-state index is 0.0336. The average Bonchev–Trinajstić information content (AvgIpc) is 2.56. The molecule has 2 nitrogen and oxygen atoms in total. The van der Waals surface area contributed by atoms with Gasteiger partial charge in [0.25, 0.3) is 0 Å². The largest absolute Gasteiger partial charge is 0.299 e. The molecular formula is C23H25FO2. The van der Waals surface area contributed by atoms with Crippen molar-refractivity contribution in [3.8, 4) is 11.1 Å². The Hall–Kier alpha value is -2.29. The van der Waals surface area contributed by atoms with E-state index in [1.165, 1.54) is 12.1 Å². The van der Waals surface area contributed by atoms with E-state index in [4.69, 9.17) is 0 Å². The van der Waals surface area contributed by atoms with Crippen LogP contribution < -0.4 is 0 Å². The van der Waals surface area contributed by atoms with Crippen LogP contribution in [0.25, 0.3) is 11.1 Å². The predicted octanol–water partition coefficient (Wildman–Crippen LogP) is 5.48. The zero-order valence-electron chi connectivity index (χ0n) is 15.6. The predicted molar refractivity (Wildman–Crippen MR) is 102 cm³/mol. The highest BCUT2D eigenvalue weighted by atomic mass is 19.1. The van der Waals surface area contributed by atoms with Crippen molar-refractivity contribution in [2.24, 2.45) is 11.8 Å². The monoisotopic (exact) mass is 352 g/mol. The van der Waals surface area contributed by atoms with Crippen LogP contribution in [0.5, 0.6) is 0 Å². The van der Waals surface area contributed by atoms with E-state index < -0.39 is 5.92 Å². The fraction of sp³-hybridized carbons (Fsp3) is 0.391. The molecule has 1 saturated carbocycles. The molecular weight excluding hydrogens is 327 g/mol. The first kappa shape index (κ1) is 18.5. The lowest BCUT2D eigenvalue weighted by atomic mass is 9.73. The molecule has 0 aliphatic heterocycles. The van der Waals surface area contributed by atoms with Gasteiger partial charge in [-0.3, -0.25) is 9.59 Å². The van der Waals surface area contributed by atoms with Gasteiger partial charge >= 0.3 is 0 Å². The molecule has 0 radical (unpaired) electrons. The summed E-state index contributed by atoms with van der Waals surface area (Å²) < 4.78 is 13.2. The molecule has 0 aromatic heterocycles. The van der Waals surface area contributed by atoms with Gasteiger partial charge in [-0.2, -0.15) is 0 Å². The number of aryl methyl sites for hydroxylation is 1. The number of hydrogen-bond donors (Lipinski definition) is 0. The number of benzene rings is 2. The van der Waals surface area contributed by atoms with Crippen LogP contribution >= 0.6 is 0 Å². The first-order valence-electron chi connectivity index (χ1n) is 9.27. The second-order valence-corrected chi connectivity index (χ2v) is 7.85. The maximum atomic E-state index is 13.2. The molecule has 3 heteroatoms. The minimum Gasteiger partial charge on any atom is -0.299 e. The SMILES string of the molecule is Cc1ccc(-c2ccc(F)cc2)cc1C1C(=O)CC(CC(C)C)CC1=O. The Balaban J connectivity index is 1.91. The maximum Gasteiger partial charge on any atom is 0.148 e. The molecule has 0 atom stereocenters. The van der Waals surface area contributed by atoms with Gasteiger partial charge in [-0.15, -0.1) is 0 Å². The normalized spacial score (nSPS) is 20.7. The summed E-state index contributed by atoms with van der Waals surface area (Å²) in [6.45, 7) is 6.18. The van der Waals surface area contributed by atoms with Crippen molar-refractivity contribution in [1.29, 1.82) is 0 Å². The van der Waals surface area contributed by atoms with Crippen LogP contribution in [0.4, 0.5) is 4.39 Å². The Morgan fingerprint density at radius 2 is 1.54 bits per heavy atom. The molecule has 1 fully saturated rings. The van der Waals surface area contributed by atoms with Gasteiger partial charge in [0.05, 0.1) is 0 Å². The van der Waals surface area contributed by atoms with Gasteiger partial charge in [0.1, 0.15) is 23.3 Å². The summed E-state index contributed by atoms with van der Waals surface area (Å²) in [7, 11) is 0. The number of carbonyl (C=O) groups is 2. The average molecular weight is 352 g/mol. The van der Waals surface area contributed by atoms with Crippen molar-refractivity contribution >= 4 is 11.6 Å². The van der Waals surface area contributed by atoms with Crippen LogP contribution in [0.2, 0.25) is 0 Å². The summed E-state index contributed by atoms with van der Waals surface area (Å²) in [5.41, 5.74) is 3.52. The second-order valence-electron chi connectivity index (χ2n) is 7.85. The number of halogens is 1. The Morgan fingerprint density at radius 1 is 0.962 bits per heavy atom. The van der Waals surface area contributed by atoms with Crippen LogP contribution in [0.1, 0.15) is 50.2 Å². The van der Waals surface area contributed by atoms with Gasteiger partial charge in [-0.25, -0.2) is 4.39 Å². The Labute approximate surface area is 154 Å². The fourth-order valence-electron chi connectivity index (χ4n) is 4.01. The number of ketones is 2. The fourth-order valence-corrected chi connectivity index (χ4v) is 4.01. The molecule has 0 spiro atoms. The van der Waals surface area contributed by atoms with Gasteiger partial charge in [0, 0.05) is 12.8 Å². The van der Waals surface area contributed by atoms with Gasteiger partial charge in [-0.1, -0.05) is 38.1 Å². The Kier molecular flexibility index (Phi) is 5.36. The molecule has 0 saturated heterocycles. The Morgan fingerprint density at radius 3 is 2.12 bits per heavy atom. The molecule has 0 amide bonds.